The molecule has 0 aliphatic carbocycles. The summed E-state index contributed by atoms with van der Waals surface area (Å²) in [5, 5.41) is 3.65. The second-order valence-electron chi connectivity index (χ2n) is 6.37. The zero-order valence-electron chi connectivity index (χ0n) is 15.4. The predicted molar refractivity (Wildman–Crippen MR) is 103 cm³/mol. The molecule has 140 valence electrons. The van der Waals surface area contributed by atoms with E-state index in [1.807, 2.05) is 48.5 Å². The van der Waals surface area contributed by atoms with Crippen molar-refractivity contribution in [3.8, 4) is 0 Å². The summed E-state index contributed by atoms with van der Waals surface area (Å²) in [5.74, 6) is -0.751. The summed E-state index contributed by atoms with van der Waals surface area (Å²) in [6.07, 6.45) is 3.32. The van der Waals surface area contributed by atoms with Crippen LogP contribution < -0.4 is 5.32 Å². The lowest BCUT2D eigenvalue weighted by Gasteiger charge is -2.06. The lowest BCUT2D eigenvalue weighted by atomic mass is 10.1. The van der Waals surface area contributed by atoms with Gasteiger partial charge in [-0.2, -0.15) is 0 Å². The summed E-state index contributed by atoms with van der Waals surface area (Å²) in [5.41, 5.74) is 3.85. The third-order valence-electron chi connectivity index (χ3n) is 4.41. The molecule has 0 saturated carbocycles. The summed E-state index contributed by atoms with van der Waals surface area (Å²) in [6.45, 7) is 2.31. The van der Waals surface area contributed by atoms with E-state index in [1.165, 1.54) is 5.56 Å². The quantitative estimate of drug-likeness (QED) is 0.621. The second-order valence-corrected chi connectivity index (χ2v) is 6.37. The number of hydrogen-bond donors (Lipinski definition) is 1. The van der Waals surface area contributed by atoms with Crippen LogP contribution in [0.2, 0.25) is 0 Å². The average Bonchev–Trinajstić information content (AvgIpc) is 3.09. The van der Waals surface area contributed by atoms with E-state index in [4.69, 9.17) is 9.15 Å². The predicted octanol–water partition coefficient (Wildman–Crippen LogP) is 3.44. The Morgan fingerprint density at radius 1 is 1.07 bits per heavy atom. The van der Waals surface area contributed by atoms with Crippen molar-refractivity contribution in [3.63, 3.8) is 0 Å². The molecular formula is C22H23NO4. The highest BCUT2D eigenvalue weighted by Crippen LogP contribution is 2.23. The molecule has 0 aliphatic rings. The minimum absolute atomic E-state index is 0.0791. The Hall–Kier alpha value is -3.08. The molecule has 1 N–H and O–H groups in total. The van der Waals surface area contributed by atoms with Gasteiger partial charge in [-0.05, 0) is 30.0 Å². The zero-order valence-corrected chi connectivity index (χ0v) is 15.4. The van der Waals surface area contributed by atoms with Crippen LogP contribution in [0.5, 0.6) is 0 Å². The number of benzene rings is 2. The molecule has 0 saturated heterocycles. The summed E-state index contributed by atoms with van der Waals surface area (Å²) >= 11 is 0. The Morgan fingerprint density at radius 3 is 2.67 bits per heavy atom. The number of amides is 1. The largest absolute Gasteiger partial charge is 0.464 e. The minimum Gasteiger partial charge on any atom is -0.464 e. The number of ether oxygens (including phenoxy) is 1. The number of aryl methyl sites for hydroxylation is 1. The van der Waals surface area contributed by atoms with Gasteiger partial charge in [-0.25, -0.2) is 0 Å². The molecule has 1 heterocycles. The van der Waals surface area contributed by atoms with Crippen molar-refractivity contribution in [1.82, 2.24) is 5.32 Å². The van der Waals surface area contributed by atoms with Crippen molar-refractivity contribution < 1.29 is 18.7 Å². The van der Waals surface area contributed by atoms with Crippen LogP contribution >= 0.6 is 0 Å². The van der Waals surface area contributed by atoms with Gasteiger partial charge >= 0.3 is 5.97 Å². The van der Waals surface area contributed by atoms with E-state index in [0.29, 0.717) is 6.54 Å². The molecule has 0 spiro atoms. The van der Waals surface area contributed by atoms with Crippen LogP contribution in [-0.4, -0.2) is 25.0 Å². The highest BCUT2D eigenvalue weighted by molar-refractivity contribution is 5.87. The van der Waals surface area contributed by atoms with Gasteiger partial charge < -0.3 is 14.5 Å². The van der Waals surface area contributed by atoms with Crippen LogP contribution in [0, 0.1) is 0 Å². The van der Waals surface area contributed by atoms with Gasteiger partial charge in [0.1, 0.15) is 5.58 Å². The Kier molecular flexibility index (Phi) is 6.26. The molecule has 27 heavy (non-hydrogen) atoms. The first-order chi connectivity index (χ1) is 13.2. The van der Waals surface area contributed by atoms with Crippen molar-refractivity contribution >= 4 is 22.8 Å². The van der Waals surface area contributed by atoms with Crippen LogP contribution in [-0.2, 0) is 33.6 Å². The van der Waals surface area contributed by atoms with Crippen molar-refractivity contribution in [2.24, 2.45) is 0 Å². The summed E-state index contributed by atoms with van der Waals surface area (Å²) < 4.78 is 10.6. The van der Waals surface area contributed by atoms with Crippen molar-refractivity contribution in [3.05, 3.63) is 71.5 Å². The van der Waals surface area contributed by atoms with E-state index in [1.54, 1.807) is 6.26 Å². The third-order valence-corrected chi connectivity index (χ3v) is 4.41. The molecule has 5 nitrogen and oxygen atoms in total. The Balaban J connectivity index is 1.43. The Labute approximate surface area is 158 Å². The van der Waals surface area contributed by atoms with Gasteiger partial charge in [0, 0.05) is 17.5 Å². The van der Waals surface area contributed by atoms with Gasteiger partial charge in [-0.3, -0.25) is 9.59 Å². The summed E-state index contributed by atoms with van der Waals surface area (Å²) in [6, 6.07) is 15.8. The number of esters is 1. The molecule has 1 aromatic heterocycles. The Bertz CT molecular complexity index is 914. The van der Waals surface area contributed by atoms with E-state index in [2.05, 4.69) is 12.2 Å². The molecule has 5 heteroatoms. The molecule has 0 unspecified atom stereocenters. The third kappa shape index (κ3) is 5.20. The first-order valence-corrected chi connectivity index (χ1v) is 9.11. The van der Waals surface area contributed by atoms with Gasteiger partial charge in [-0.15, -0.1) is 0 Å². The minimum atomic E-state index is -0.449. The molecule has 0 radical (unpaired) electrons. The fourth-order valence-electron chi connectivity index (χ4n) is 2.88. The number of rotatable bonds is 8. The van der Waals surface area contributed by atoms with Crippen LogP contribution in [0.4, 0.5) is 0 Å². The highest BCUT2D eigenvalue weighted by atomic mass is 16.5. The molecule has 3 rings (SSSR count). The first-order valence-electron chi connectivity index (χ1n) is 9.11. The average molecular weight is 365 g/mol. The summed E-state index contributed by atoms with van der Waals surface area (Å²) in [4.78, 5) is 23.8. The van der Waals surface area contributed by atoms with E-state index in [-0.39, 0.29) is 18.9 Å². The lowest BCUT2D eigenvalue weighted by molar-refractivity contribution is -0.147. The fraction of sp³-hybridized carbons (Fsp3) is 0.273. The zero-order chi connectivity index (χ0) is 19.1. The van der Waals surface area contributed by atoms with Crippen molar-refractivity contribution in [1.29, 1.82) is 0 Å². The molecule has 2 aromatic carbocycles. The second kappa shape index (κ2) is 9.03. The smallest absolute Gasteiger partial charge is 0.310 e. The molecule has 0 bridgehead atoms. The van der Waals surface area contributed by atoms with Crippen LogP contribution in [0.25, 0.3) is 11.0 Å². The number of carbonyl (C=O) groups excluding carboxylic acids is 2. The molecule has 3 aromatic rings. The van der Waals surface area contributed by atoms with Gasteiger partial charge in [0.05, 0.1) is 12.7 Å². The number of hydrogen-bond acceptors (Lipinski definition) is 4. The monoisotopic (exact) mass is 365 g/mol. The van der Waals surface area contributed by atoms with Gasteiger partial charge in [0.25, 0.3) is 5.91 Å². The van der Waals surface area contributed by atoms with Gasteiger partial charge in [-0.1, -0.05) is 49.4 Å². The van der Waals surface area contributed by atoms with E-state index < -0.39 is 5.97 Å². The maximum Gasteiger partial charge on any atom is 0.310 e. The van der Waals surface area contributed by atoms with Crippen molar-refractivity contribution in [2.75, 3.05) is 13.2 Å². The first kappa shape index (κ1) is 18.7. The Morgan fingerprint density at radius 2 is 1.89 bits per heavy atom. The molecule has 0 aliphatic heterocycles. The van der Waals surface area contributed by atoms with Crippen LogP contribution in [0.1, 0.15) is 23.6 Å². The number of fused-ring (bicyclic) bond motifs is 1. The van der Waals surface area contributed by atoms with Gasteiger partial charge in [0.2, 0.25) is 0 Å². The maximum absolute atomic E-state index is 12.0. The number of furan rings is 1. The SMILES string of the molecule is CCc1ccc2c(CC(=O)OCC(=O)NCCc3ccccc3)coc2c1. The highest BCUT2D eigenvalue weighted by Gasteiger charge is 2.13. The molecule has 0 atom stereocenters. The lowest BCUT2D eigenvalue weighted by Crippen LogP contribution is -2.30. The number of carbonyl (C=O) groups is 2. The topological polar surface area (TPSA) is 68.5 Å². The standard InChI is InChI=1S/C22H23NO4/c1-2-16-8-9-19-18(14-26-20(19)12-16)13-22(25)27-15-21(24)23-11-10-17-6-4-3-5-7-17/h3-9,12,14H,2,10-11,13,15H2,1H3,(H,23,24). The summed E-state index contributed by atoms with van der Waals surface area (Å²) in [7, 11) is 0. The maximum atomic E-state index is 12.0. The number of nitrogens with one attached hydrogen (secondary N) is 1. The molecular weight excluding hydrogens is 342 g/mol. The molecule has 0 fully saturated rings. The van der Waals surface area contributed by atoms with Gasteiger partial charge in [0.15, 0.2) is 6.61 Å². The van der Waals surface area contributed by atoms with Crippen LogP contribution in [0.3, 0.4) is 0 Å². The van der Waals surface area contributed by atoms with E-state index in [9.17, 15) is 9.59 Å². The van der Waals surface area contributed by atoms with E-state index in [0.717, 1.165) is 34.9 Å². The van der Waals surface area contributed by atoms with E-state index >= 15 is 0 Å². The fourth-order valence-corrected chi connectivity index (χ4v) is 2.88. The molecule has 1 amide bonds. The normalized spacial score (nSPS) is 10.7. The van der Waals surface area contributed by atoms with Crippen molar-refractivity contribution in [2.45, 2.75) is 26.2 Å². The van der Waals surface area contributed by atoms with Crippen LogP contribution in [0.15, 0.2) is 59.2 Å².